The van der Waals surface area contributed by atoms with E-state index in [1.54, 1.807) is 18.5 Å². The molecule has 0 spiro atoms. The molecular weight excluding hydrogens is 380 g/mol. The summed E-state index contributed by atoms with van der Waals surface area (Å²) in [5, 5.41) is 8.54. The number of halogens is 1. The predicted octanol–water partition coefficient (Wildman–Crippen LogP) is 1.65. The fraction of sp³-hybridized carbons (Fsp3) is 0.316. The molecule has 1 aromatic carbocycles. The molecule has 9 heteroatoms. The van der Waals surface area contributed by atoms with E-state index in [4.69, 9.17) is 11.6 Å². The lowest BCUT2D eigenvalue weighted by Crippen LogP contribution is -2.49. The van der Waals surface area contributed by atoms with E-state index in [0.29, 0.717) is 55.4 Å². The fourth-order valence-corrected chi connectivity index (χ4v) is 3.47. The highest BCUT2D eigenvalue weighted by molar-refractivity contribution is 6.30. The molecule has 0 aliphatic carbocycles. The Morgan fingerprint density at radius 2 is 1.75 bits per heavy atom. The summed E-state index contributed by atoms with van der Waals surface area (Å²) in [7, 11) is 0. The van der Waals surface area contributed by atoms with Gasteiger partial charge in [-0.15, -0.1) is 0 Å². The van der Waals surface area contributed by atoms with Gasteiger partial charge in [0.2, 0.25) is 11.9 Å². The number of nitrogens with one attached hydrogen (secondary N) is 1. The van der Waals surface area contributed by atoms with Crippen molar-refractivity contribution >= 4 is 34.2 Å². The van der Waals surface area contributed by atoms with Crippen LogP contribution in [0.1, 0.15) is 12.1 Å². The summed E-state index contributed by atoms with van der Waals surface area (Å²) in [5.74, 6) is 0.703. The highest BCUT2D eigenvalue weighted by Gasteiger charge is 2.22. The van der Waals surface area contributed by atoms with Crippen LogP contribution in [0.4, 0.5) is 5.95 Å². The normalized spacial score (nSPS) is 14.5. The molecule has 3 heterocycles. The Morgan fingerprint density at radius 3 is 2.46 bits per heavy atom. The van der Waals surface area contributed by atoms with Crippen LogP contribution in [-0.2, 0) is 11.2 Å². The highest BCUT2D eigenvalue weighted by Crippen LogP contribution is 2.16. The van der Waals surface area contributed by atoms with Crippen LogP contribution >= 0.6 is 11.6 Å². The van der Waals surface area contributed by atoms with Gasteiger partial charge in [-0.05, 0) is 6.07 Å². The molecule has 1 aliphatic rings. The summed E-state index contributed by atoms with van der Waals surface area (Å²) in [4.78, 5) is 36.8. The van der Waals surface area contributed by atoms with Crippen molar-refractivity contribution in [3.63, 3.8) is 0 Å². The second kappa shape index (κ2) is 7.93. The van der Waals surface area contributed by atoms with E-state index in [9.17, 15) is 9.59 Å². The number of aromatic amines is 1. The van der Waals surface area contributed by atoms with Crippen molar-refractivity contribution in [1.29, 1.82) is 0 Å². The van der Waals surface area contributed by atoms with Crippen molar-refractivity contribution in [2.75, 3.05) is 31.1 Å². The van der Waals surface area contributed by atoms with Gasteiger partial charge in [0.1, 0.15) is 0 Å². The summed E-state index contributed by atoms with van der Waals surface area (Å²) < 4.78 is 0. The molecule has 0 radical (unpaired) electrons. The molecule has 1 N–H and O–H groups in total. The Kier molecular flexibility index (Phi) is 5.21. The number of piperazine rings is 1. The number of hydrogen-bond acceptors (Lipinski definition) is 6. The van der Waals surface area contributed by atoms with Crippen molar-refractivity contribution < 1.29 is 4.79 Å². The Morgan fingerprint density at radius 1 is 1.07 bits per heavy atom. The fourth-order valence-electron chi connectivity index (χ4n) is 3.37. The lowest BCUT2D eigenvalue weighted by molar-refractivity contribution is -0.131. The number of H-pyrrole nitrogens is 1. The maximum atomic E-state index is 12.6. The van der Waals surface area contributed by atoms with E-state index in [1.807, 2.05) is 28.0 Å². The van der Waals surface area contributed by atoms with Gasteiger partial charge in [0.25, 0.3) is 5.56 Å². The molecule has 2 aromatic heterocycles. The minimum Gasteiger partial charge on any atom is -0.339 e. The second-order valence-electron chi connectivity index (χ2n) is 6.61. The van der Waals surface area contributed by atoms with Crippen LogP contribution in [0.5, 0.6) is 0 Å². The number of amides is 1. The number of fused-ring (bicyclic) bond motifs is 1. The van der Waals surface area contributed by atoms with Crippen LogP contribution in [-0.4, -0.2) is 57.2 Å². The monoisotopic (exact) mass is 398 g/mol. The highest BCUT2D eigenvalue weighted by atomic mass is 35.5. The van der Waals surface area contributed by atoms with E-state index >= 15 is 0 Å². The van der Waals surface area contributed by atoms with Crippen LogP contribution in [0.25, 0.3) is 10.8 Å². The van der Waals surface area contributed by atoms with Crippen molar-refractivity contribution in [1.82, 2.24) is 25.1 Å². The lowest BCUT2D eigenvalue weighted by Gasteiger charge is -2.34. The molecule has 8 nitrogen and oxygen atoms in total. The SMILES string of the molecule is O=C(CCc1n[nH]c(=O)c2ccccc12)N1CCN(c2ncc(Cl)cn2)CC1. The third-order valence-electron chi connectivity index (χ3n) is 4.87. The van der Waals surface area contributed by atoms with Gasteiger partial charge in [0, 0.05) is 44.4 Å². The molecular formula is C19H19ClN6O2. The zero-order valence-electron chi connectivity index (χ0n) is 15.1. The number of nitrogens with zero attached hydrogens (tertiary/aromatic N) is 5. The van der Waals surface area contributed by atoms with Gasteiger partial charge in [-0.25, -0.2) is 15.1 Å². The smallest absolute Gasteiger partial charge is 0.272 e. The van der Waals surface area contributed by atoms with Gasteiger partial charge < -0.3 is 9.80 Å². The number of aryl methyl sites for hydroxylation is 1. The van der Waals surface area contributed by atoms with E-state index in [2.05, 4.69) is 20.2 Å². The molecule has 1 amide bonds. The molecule has 0 unspecified atom stereocenters. The summed E-state index contributed by atoms with van der Waals surface area (Å²) >= 11 is 5.82. The Labute approximate surface area is 166 Å². The average Bonchev–Trinajstić information content (AvgIpc) is 2.74. The number of carbonyl (C=O) groups is 1. The minimum atomic E-state index is -0.216. The molecule has 1 fully saturated rings. The van der Waals surface area contributed by atoms with Crippen LogP contribution < -0.4 is 10.5 Å². The summed E-state index contributed by atoms with van der Waals surface area (Å²) in [5.41, 5.74) is 0.517. The molecule has 0 atom stereocenters. The zero-order chi connectivity index (χ0) is 19.5. The Hall–Kier alpha value is -3.00. The van der Waals surface area contributed by atoms with Crippen LogP contribution in [0, 0.1) is 0 Å². The van der Waals surface area contributed by atoms with Crippen molar-refractivity contribution in [3.05, 3.63) is 57.7 Å². The third kappa shape index (κ3) is 3.82. The standard InChI is InChI=1S/C19H19ClN6O2/c20-13-11-21-19(22-12-13)26-9-7-25(8-10-26)17(27)6-5-16-14-3-1-2-4-15(14)18(28)24-23-16/h1-4,11-12H,5-10H2,(H,24,28). The summed E-state index contributed by atoms with van der Waals surface area (Å²) in [6, 6.07) is 7.31. The maximum Gasteiger partial charge on any atom is 0.272 e. The first kappa shape index (κ1) is 18.4. The van der Waals surface area contributed by atoms with Crippen molar-refractivity contribution in [3.8, 4) is 0 Å². The van der Waals surface area contributed by atoms with E-state index in [1.165, 1.54) is 0 Å². The number of anilines is 1. The topological polar surface area (TPSA) is 95.1 Å². The van der Waals surface area contributed by atoms with Gasteiger partial charge in [0.05, 0.1) is 28.5 Å². The van der Waals surface area contributed by atoms with Gasteiger partial charge in [-0.3, -0.25) is 9.59 Å². The van der Waals surface area contributed by atoms with Gasteiger partial charge in [0.15, 0.2) is 0 Å². The minimum absolute atomic E-state index is 0.0776. The van der Waals surface area contributed by atoms with Gasteiger partial charge >= 0.3 is 0 Å². The largest absolute Gasteiger partial charge is 0.339 e. The van der Waals surface area contributed by atoms with Gasteiger partial charge in [-0.1, -0.05) is 29.8 Å². The number of benzene rings is 1. The van der Waals surface area contributed by atoms with E-state index in [-0.39, 0.29) is 11.5 Å². The number of rotatable bonds is 4. The average molecular weight is 399 g/mol. The molecule has 1 saturated heterocycles. The van der Waals surface area contributed by atoms with E-state index in [0.717, 1.165) is 11.1 Å². The molecule has 144 valence electrons. The molecule has 0 bridgehead atoms. The third-order valence-corrected chi connectivity index (χ3v) is 5.07. The maximum absolute atomic E-state index is 12.6. The first-order valence-electron chi connectivity index (χ1n) is 9.08. The van der Waals surface area contributed by atoms with Crippen molar-refractivity contribution in [2.45, 2.75) is 12.8 Å². The zero-order valence-corrected chi connectivity index (χ0v) is 15.9. The first-order valence-corrected chi connectivity index (χ1v) is 9.46. The van der Waals surface area contributed by atoms with Crippen molar-refractivity contribution in [2.24, 2.45) is 0 Å². The predicted molar refractivity (Wildman–Crippen MR) is 107 cm³/mol. The lowest BCUT2D eigenvalue weighted by atomic mass is 10.1. The molecule has 0 saturated carbocycles. The number of carbonyl (C=O) groups excluding carboxylic acids is 1. The second-order valence-corrected chi connectivity index (χ2v) is 7.05. The van der Waals surface area contributed by atoms with E-state index < -0.39 is 0 Å². The summed E-state index contributed by atoms with van der Waals surface area (Å²) in [6.45, 7) is 2.58. The number of aromatic nitrogens is 4. The molecule has 1 aliphatic heterocycles. The van der Waals surface area contributed by atoms with Crippen LogP contribution in [0.15, 0.2) is 41.5 Å². The Bertz CT molecular complexity index is 1040. The quantitative estimate of drug-likeness (QED) is 0.718. The van der Waals surface area contributed by atoms with Crippen LogP contribution in [0.2, 0.25) is 5.02 Å². The number of hydrogen-bond donors (Lipinski definition) is 1. The molecule has 4 rings (SSSR count). The summed E-state index contributed by atoms with van der Waals surface area (Å²) in [6.07, 6.45) is 3.98. The molecule has 3 aromatic rings. The van der Waals surface area contributed by atoms with Gasteiger partial charge in [-0.2, -0.15) is 5.10 Å². The van der Waals surface area contributed by atoms with Crippen LogP contribution in [0.3, 0.4) is 0 Å². The Balaban J connectivity index is 1.36. The molecule has 28 heavy (non-hydrogen) atoms. The first-order chi connectivity index (χ1) is 13.6.